The van der Waals surface area contributed by atoms with Crippen molar-refractivity contribution in [3.63, 3.8) is 0 Å². The van der Waals surface area contributed by atoms with Gasteiger partial charge in [-0.1, -0.05) is 29.8 Å². The first-order valence-corrected chi connectivity index (χ1v) is 10.3. The van der Waals surface area contributed by atoms with Gasteiger partial charge < -0.3 is 9.80 Å². The number of para-hydroxylation sites is 1. The van der Waals surface area contributed by atoms with Crippen LogP contribution in [0.4, 0.5) is 27.4 Å². The fourth-order valence-corrected chi connectivity index (χ4v) is 3.62. The van der Waals surface area contributed by atoms with E-state index >= 15 is 0 Å². The van der Waals surface area contributed by atoms with Crippen LogP contribution < -0.4 is 20.7 Å². The van der Waals surface area contributed by atoms with Crippen molar-refractivity contribution in [2.45, 2.75) is 6.92 Å². The third-order valence-electron chi connectivity index (χ3n) is 5.37. The summed E-state index contributed by atoms with van der Waals surface area (Å²) in [6, 6.07) is 13.4. The summed E-state index contributed by atoms with van der Waals surface area (Å²) < 4.78 is 14.1. The van der Waals surface area contributed by atoms with Gasteiger partial charge in [0.2, 0.25) is 11.6 Å². The Kier molecular flexibility index (Phi) is 6.29. The molecule has 0 atom stereocenters. The standard InChI is InChI=1S/C22H22FN7O3/c1-15-6-8-16(9-7-15)22(31)27-26-20-19(30(32)33)21(25-14-24-20)29-12-10-28(11-13-29)18-5-3-2-4-17(18)23/h2-9,14H,10-13H2,1H3,(H,27,31)(H,24,25,26). The number of hydrogen-bond donors (Lipinski definition) is 2. The van der Waals surface area contributed by atoms with Gasteiger partial charge in [0.05, 0.1) is 10.6 Å². The summed E-state index contributed by atoms with van der Waals surface area (Å²) in [5.41, 5.74) is 6.55. The summed E-state index contributed by atoms with van der Waals surface area (Å²) in [4.78, 5) is 35.3. The molecule has 3 aromatic rings. The zero-order valence-corrected chi connectivity index (χ0v) is 17.9. The van der Waals surface area contributed by atoms with Gasteiger partial charge in [-0.3, -0.25) is 25.8 Å². The highest BCUT2D eigenvalue weighted by Crippen LogP contribution is 2.32. The number of nitrogens with zero attached hydrogens (tertiary/aromatic N) is 5. The number of amides is 1. The molecule has 2 aromatic carbocycles. The minimum atomic E-state index is -0.584. The maximum atomic E-state index is 14.1. The first-order chi connectivity index (χ1) is 15.9. The Morgan fingerprint density at radius 2 is 1.70 bits per heavy atom. The lowest BCUT2D eigenvalue weighted by Crippen LogP contribution is -2.47. The molecule has 10 nitrogen and oxygen atoms in total. The van der Waals surface area contributed by atoms with E-state index < -0.39 is 10.8 Å². The van der Waals surface area contributed by atoms with Crippen LogP contribution in [0.3, 0.4) is 0 Å². The molecule has 0 radical (unpaired) electrons. The first kappa shape index (κ1) is 21.9. The van der Waals surface area contributed by atoms with Gasteiger partial charge in [0.1, 0.15) is 12.1 Å². The smallest absolute Gasteiger partial charge is 0.355 e. The normalized spacial score (nSPS) is 13.5. The summed E-state index contributed by atoms with van der Waals surface area (Å²) in [7, 11) is 0. The summed E-state index contributed by atoms with van der Waals surface area (Å²) >= 11 is 0. The van der Waals surface area contributed by atoms with Crippen LogP contribution in [0.25, 0.3) is 0 Å². The molecule has 2 heterocycles. The van der Waals surface area contributed by atoms with E-state index in [9.17, 15) is 19.3 Å². The highest BCUT2D eigenvalue weighted by atomic mass is 19.1. The molecule has 1 saturated heterocycles. The number of carbonyl (C=O) groups excluding carboxylic acids is 1. The second-order valence-electron chi connectivity index (χ2n) is 7.52. The number of nitro groups is 1. The number of piperazine rings is 1. The van der Waals surface area contributed by atoms with E-state index in [1.807, 2.05) is 11.8 Å². The molecule has 170 valence electrons. The number of halogens is 1. The van der Waals surface area contributed by atoms with Crippen LogP contribution in [0, 0.1) is 22.9 Å². The number of aromatic nitrogens is 2. The molecule has 2 N–H and O–H groups in total. The van der Waals surface area contributed by atoms with E-state index in [0.29, 0.717) is 37.4 Å². The third kappa shape index (κ3) is 4.81. The minimum absolute atomic E-state index is 0.123. The van der Waals surface area contributed by atoms with Gasteiger partial charge in [0.15, 0.2) is 0 Å². The predicted octanol–water partition coefficient (Wildman–Crippen LogP) is 2.92. The number of hydrazine groups is 1. The quantitative estimate of drug-likeness (QED) is 0.434. The molecule has 33 heavy (non-hydrogen) atoms. The number of carbonyl (C=O) groups is 1. The molecular weight excluding hydrogens is 429 g/mol. The third-order valence-corrected chi connectivity index (χ3v) is 5.37. The lowest BCUT2D eigenvalue weighted by Gasteiger charge is -2.36. The van der Waals surface area contributed by atoms with E-state index in [-0.39, 0.29) is 23.1 Å². The van der Waals surface area contributed by atoms with Gasteiger partial charge in [0.25, 0.3) is 5.91 Å². The first-order valence-electron chi connectivity index (χ1n) is 10.3. The van der Waals surface area contributed by atoms with Crippen LogP contribution in [0.2, 0.25) is 0 Å². The Hall–Kier alpha value is -4.28. The molecule has 0 bridgehead atoms. The molecule has 1 fully saturated rings. The minimum Gasteiger partial charge on any atom is -0.366 e. The fourth-order valence-electron chi connectivity index (χ4n) is 3.62. The monoisotopic (exact) mass is 451 g/mol. The van der Waals surface area contributed by atoms with Crippen LogP contribution in [0.5, 0.6) is 0 Å². The Balaban J connectivity index is 1.49. The number of anilines is 3. The van der Waals surface area contributed by atoms with Gasteiger partial charge in [-0.2, -0.15) is 0 Å². The van der Waals surface area contributed by atoms with E-state index in [1.54, 1.807) is 47.4 Å². The molecule has 1 aliphatic rings. The van der Waals surface area contributed by atoms with Crippen molar-refractivity contribution in [1.29, 1.82) is 0 Å². The second-order valence-corrected chi connectivity index (χ2v) is 7.52. The van der Waals surface area contributed by atoms with E-state index in [4.69, 9.17) is 0 Å². The zero-order valence-electron chi connectivity index (χ0n) is 17.9. The lowest BCUT2D eigenvalue weighted by atomic mass is 10.1. The zero-order chi connectivity index (χ0) is 23.4. The average molecular weight is 451 g/mol. The Labute approximate surface area is 189 Å². The lowest BCUT2D eigenvalue weighted by molar-refractivity contribution is -0.383. The maximum absolute atomic E-state index is 14.1. The highest BCUT2D eigenvalue weighted by Gasteiger charge is 2.30. The topological polar surface area (TPSA) is 117 Å². The van der Waals surface area contributed by atoms with Crippen LogP contribution in [-0.2, 0) is 0 Å². The fraction of sp³-hybridized carbons (Fsp3) is 0.227. The van der Waals surface area contributed by atoms with Gasteiger partial charge in [-0.05, 0) is 31.2 Å². The second kappa shape index (κ2) is 9.47. The van der Waals surface area contributed by atoms with E-state index in [2.05, 4.69) is 20.8 Å². The maximum Gasteiger partial charge on any atom is 0.355 e. The van der Waals surface area contributed by atoms with Crippen molar-refractivity contribution in [1.82, 2.24) is 15.4 Å². The summed E-state index contributed by atoms with van der Waals surface area (Å²) in [6.07, 6.45) is 1.20. The Morgan fingerprint density at radius 3 is 2.36 bits per heavy atom. The molecule has 0 saturated carbocycles. The predicted molar refractivity (Wildman–Crippen MR) is 122 cm³/mol. The summed E-state index contributed by atoms with van der Waals surface area (Å²) in [6.45, 7) is 3.65. The number of benzene rings is 2. The van der Waals surface area contributed by atoms with Gasteiger partial charge in [-0.25, -0.2) is 14.4 Å². The Morgan fingerprint density at radius 1 is 1.03 bits per heavy atom. The number of hydrogen-bond acceptors (Lipinski definition) is 8. The average Bonchev–Trinajstić information content (AvgIpc) is 2.83. The van der Waals surface area contributed by atoms with Crippen molar-refractivity contribution in [2.24, 2.45) is 0 Å². The van der Waals surface area contributed by atoms with Crippen molar-refractivity contribution >= 4 is 28.9 Å². The van der Waals surface area contributed by atoms with Gasteiger partial charge in [0, 0.05) is 31.7 Å². The van der Waals surface area contributed by atoms with Crippen LogP contribution >= 0.6 is 0 Å². The molecule has 11 heteroatoms. The molecule has 1 aliphatic heterocycles. The molecule has 1 aromatic heterocycles. The van der Waals surface area contributed by atoms with Crippen molar-refractivity contribution < 1.29 is 14.1 Å². The molecule has 1 amide bonds. The number of nitrogens with one attached hydrogen (secondary N) is 2. The van der Waals surface area contributed by atoms with Crippen molar-refractivity contribution in [2.75, 3.05) is 41.4 Å². The van der Waals surface area contributed by atoms with Gasteiger partial charge in [-0.15, -0.1) is 0 Å². The molecular formula is C22H22FN7O3. The summed E-state index contributed by atoms with van der Waals surface area (Å²) in [5, 5.41) is 11.9. The van der Waals surface area contributed by atoms with Crippen molar-refractivity contribution in [3.8, 4) is 0 Å². The van der Waals surface area contributed by atoms with E-state index in [0.717, 1.165) is 5.56 Å². The molecule has 0 unspecified atom stereocenters. The molecule has 0 aliphatic carbocycles. The van der Waals surface area contributed by atoms with E-state index in [1.165, 1.54) is 12.4 Å². The highest BCUT2D eigenvalue weighted by molar-refractivity contribution is 5.95. The van der Waals surface area contributed by atoms with Crippen LogP contribution in [-0.4, -0.2) is 47.0 Å². The van der Waals surface area contributed by atoms with Crippen molar-refractivity contribution in [3.05, 3.63) is 81.9 Å². The van der Waals surface area contributed by atoms with Crippen LogP contribution in [0.15, 0.2) is 54.9 Å². The number of aryl methyl sites for hydroxylation is 1. The summed E-state index contributed by atoms with van der Waals surface area (Å²) in [5.74, 6) is -0.755. The Bertz CT molecular complexity index is 1160. The number of rotatable bonds is 6. The van der Waals surface area contributed by atoms with Gasteiger partial charge >= 0.3 is 5.69 Å². The van der Waals surface area contributed by atoms with Crippen LogP contribution in [0.1, 0.15) is 15.9 Å². The molecule has 4 rings (SSSR count). The largest absolute Gasteiger partial charge is 0.366 e. The SMILES string of the molecule is Cc1ccc(C(=O)NNc2ncnc(N3CCN(c4ccccc4F)CC3)c2[N+](=O)[O-])cc1. The molecule has 0 spiro atoms.